The Morgan fingerprint density at radius 1 is 1.12 bits per heavy atom. The van der Waals surface area contributed by atoms with Gasteiger partial charge in [-0.15, -0.1) is 11.3 Å². The second-order valence-corrected chi connectivity index (χ2v) is 9.05. The highest BCUT2D eigenvalue weighted by Gasteiger charge is 2.13. The molecule has 0 aliphatic carbocycles. The van der Waals surface area contributed by atoms with E-state index in [2.05, 4.69) is 14.7 Å². The molecule has 0 aliphatic heterocycles. The molecule has 3 aromatic rings. The molecule has 0 spiro atoms. The first-order valence-corrected chi connectivity index (χ1v) is 10.8. The van der Waals surface area contributed by atoms with E-state index in [1.165, 1.54) is 0 Å². The average molecular weight is 388 g/mol. The number of thiazole rings is 1. The molecule has 3 rings (SSSR count). The minimum Gasteiger partial charge on any atom is -0.265 e. The van der Waals surface area contributed by atoms with Crippen LogP contribution in [0.15, 0.2) is 48.8 Å². The van der Waals surface area contributed by atoms with Crippen LogP contribution in [0.5, 0.6) is 0 Å². The molecule has 1 aromatic carbocycles. The van der Waals surface area contributed by atoms with E-state index in [9.17, 15) is 8.42 Å². The van der Waals surface area contributed by atoms with Crippen molar-refractivity contribution in [2.24, 2.45) is 0 Å². The zero-order chi connectivity index (χ0) is 18.6. The number of hydrogen-bond donors (Lipinski definition) is 1. The first-order chi connectivity index (χ1) is 12.4. The van der Waals surface area contributed by atoms with Gasteiger partial charge in [-0.2, -0.15) is 0 Å². The van der Waals surface area contributed by atoms with Crippen molar-refractivity contribution >= 4 is 21.4 Å². The van der Waals surface area contributed by atoms with Gasteiger partial charge in [0.2, 0.25) is 10.0 Å². The fourth-order valence-electron chi connectivity index (χ4n) is 2.67. The van der Waals surface area contributed by atoms with Crippen LogP contribution in [0.25, 0.3) is 10.6 Å². The van der Waals surface area contributed by atoms with Crippen LogP contribution in [0, 0.1) is 13.8 Å². The molecular formula is C19H21N3O2S2. The van der Waals surface area contributed by atoms with Crippen molar-refractivity contribution in [3.63, 3.8) is 0 Å². The minimum absolute atomic E-state index is 0.00137. The third-order valence-electron chi connectivity index (χ3n) is 3.93. The summed E-state index contributed by atoms with van der Waals surface area (Å²) in [5, 5.41) is 0.933. The van der Waals surface area contributed by atoms with Crippen LogP contribution >= 0.6 is 11.3 Å². The van der Waals surface area contributed by atoms with Crippen molar-refractivity contribution < 1.29 is 8.42 Å². The summed E-state index contributed by atoms with van der Waals surface area (Å²) >= 11 is 1.60. The van der Waals surface area contributed by atoms with Crippen molar-refractivity contribution in [2.45, 2.75) is 26.0 Å². The third kappa shape index (κ3) is 4.97. The molecule has 0 saturated carbocycles. The predicted molar refractivity (Wildman–Crippen MR) is 106 cm³/mol. The zero-order valence-electron chi connectivity index (χ0n) is 14.8. The van der Waals surface area contributed by atoms with Crippen LogP contribution in [0.3, 0.4) is 0 Å². The van der Waals surface area contributed by atoms with Crippen LogP contribution in [-0.2, 0) is 22.2 Å². The SMILES string of the molecule is Cc1cccc(CS(=O)(=O)NCCc2sc(-c3ccncc3)nc2C)c1. The molecule has 0 amide bonds. The van der Waals surface area contributed by atoms with Gasteiger partial charge in [-0.3, -0.25) is 4.98 Å². The summed E-state index contributed by atoms with van der Waals surface area (Å²) < 4.78 is 27.3. The molecule has 1 N–H and O–H groups in total. The standard InChI is InChI=1S/C19H21N3O2S2/c1-14-4-3-5-16(12-14)13-26(23,24)21-11-8-18-15(2)22-19(25-18)17-6-9-20-10-7-17/h3-7,9-10,12,21H,8,11,13H2,1-2H3. The zero-order valence-corrected chi connectivity index (χ0v) is 16.4. The quantitative estimate of drug-likeness (QED) is 0.674. The molecule has 2 heterocycles. The van der Waals surface area contributed by atoms with Gasteiger partial charge in [0.25, 0.3) is 0 Å². The number of rotatable bonds is 7. The molecule has 0 unspecified atom stereocenters. The lowest BCUT2D eigenvalue weighted by atomic mass is 10.2. The molecular weight excluding hydrogens is 366 g/mol. The highest BCUT2D eigenvalue weighted by Crippen LogP contribution is 2.27. The second-order valence-electron chi connectivity index (χ2n) is 6.16. The van der Waals surface area contributed by atoms with Gasteiger partial charge in [0.05, 0.1) is 11.4 Å². The van der Waals surface area contributed by atoms with Crippen molar-refractivity contribution in [3.8, 4) is 10.6 Å². The Balaban J connectivity index is 1.60. The van der Waals surface area contributed by atoms with Crippen LogP contribution in [-0.4, -0.2) is 24.9 Å². The largest absolute Gasteiger partial charge is 0.265 e. The number of aromatic nitrogens is 2. The lowest BCUT2D eigenvalue weighted by Crippen LogP contribution is -2.27. The van der Waals surface area contributed by atoms with Gasteiger partial charge in [-0.05, 0) is 38.0 Å². The van der Waals surface area contributed by atoms with Crippen LogP contribution in [0.4, 0.5) is 0 Å². The van der Waals surface area contributed by atoms with E-state index in [1.54, 1.807) is 23.7 Å². The highest BCUT2D eigenvalue weighted by atomic mass is 32.2. The van der Waals surface area contributed by atoms with Gasteiger partial charge < -0.3 is 0 Å². The number of nitrogens with one attached hydrogen (secondary N) is 1. The summed E-state index contributed by atoms with van der Waals surface area (Å²) in [5.41, 5.74) is 3.83. The van der Waals surface area contributed by atoms with E-state index in [1.807, 2.05) is 50.2 Å². The fraction of sp³-hybridized carbons (Fsp3) is 0.263. The molecule has 26 heavy (non-hydrogen) atoms. The predicted octanol–water partition coefficient (Wildman–Crippen LogP) is 3.48. The van der Waals surface area contributed by atoms with E-state index in [0.717, 1.165) is 32.3 Å². The Bertz CT molecular complexity index is 983. The minimum atomic E-state index is -3.35. The molecule has 7 heteroatoms. The van der Waals surface area contributed by atoms with Crippen LogP contribution in [0.2, 0.25) is 0 Å². The molecule has 5 nitrogen and oxygen atoms in total. The number of nitrogens with zero attached hydrogens (tertiary/aromatic N) is 2. The normalized spacial score (nSPS) is 11.6. The lowest BCUT2D eigenvalue weighted by molar-refractivity contribution is 0.581. The highest BCUT2D eigenvalue weighted by molar-refractivity contribution is 7.88. The Kier molecular flexibility index (Phi) is 5.80. The van der Waals surface area contributed by atoms with Crippen molar-refractivity contribution in [3.05, 3.63) is 70.5 Å². The summed E-state index contributed by atoms with van der Waals surface area (Å²) in [7, 11) is -3.35. The second kappa shape index (κ2) is 8.07. The molecule has 0 saturated heterocycles. The first-order valence-electron chi connectivity index (χ1n) is 8.32. The van der Waals surface area contributed by atoms with Gasteiger partial charge in [0.1, 0.15) is 5.01 Å². The van der Waals surface area contributed by atoms with Crippen LogP contribution < -0.4 is 4.72 Å². The number of sulfonamides is 1. The Labute approximate surface area is 158 Å². The molecule has 0 aliphatic rings. The van der Waals surface area contributed by atoms with Gasteiger partial charge in [0.15, 0.2) is 0 Å². The van der Waals surface area contributed by atoms with Crippen molar-refractivity contribution in [1.29, 1.82) is 0 Å². The molecule has 0 radical (unpaired) electrons. The molecule has 136 valence electrons. The smallest absolute Gasteiger partial charge is 0.215 e. The molecule has 0 bridgehead atoms. The Morgan fingerprint density at radius 3 is 2.62 bits per heavy atom. The van der Waals surface area contributed by atoms with Gasteiger partial charge in [-0.1, -0.05) is 29.8 Å². The number of benzene rings is 1. The Morgan fingerprint density at radius 2 is 1.88 bits per heavy atom. The topological polar surface area (TPSA) is 72.0 Å². The summed E-state index contributed by atoms with van der Waals surface area (Å²) in [4.78, 5) is 9.70. The van der Waals surface area contributed by atoms with Crippen molar-refractivity contribution in [2.75, 3.05) is 6.54 Å². The summed E-state index contributed by atoms with van der Waals surface area (Å²) in [6.45, 7) is 4.28. The molecule has 2 aromatic heterocycles. The maximum Gasteiger partial charge on any atom is 0.215 e. The van der Waals surface area contributed by atoms with E-state index in [-0.39, 0.29) is 5.75 Å². The molecule has 0 fully saturated rings. The number of hydrogen-bond acceptors (Lipinski definition) is 5. The van der Waals surface area contributed by atoms with Gasteiger partial charge >= 0.3 is 0 Å². The number of aryl methyl sites for hydroxylation is 2. The van der Waals surface area contributed by atoms with E-state index in [0.29, 0.717) is 13.0 Å². The average Bonchev–Trinajstić information content (AvgIpc) is 2.96. The molecule has 0 atom stereocenters. The maximum atomic E-state index is 12.3. The Hall–Kier alpha value is -2.09. The van der Waals surface area contributed by atoms with Gasteiger partial charge in [-0.25, -0.2) is 18.1 Å². The van der Waals surface area contributed by atoms with Crippen LogP contribution in [0.1, 0.15) is 21.7 Å². The number of pyridine rings is 1. The monoisotopic (exact) mass is 387 g/mol. The van der Waals surface area contributed by atoms with E-state index >= 15 is 0 Å². The van der Waals surface area contributed by atoms with E-state index < -0.39 is 10.0 Å². The van der Waals surface area contributed by atoms with Crippen molar-refractivity contribution in [1.82, 2.24) is 14.7 Å². The first kappa shape index (κ1) is 18.7. The summed E-state index contributed by atoms with van der Waals surface area (Å²) in [6.07, 6.45) is 4.11. The summed E-state index contributed by atoms with van der Waals surface area (Å²) in [6, 6.07) is 11.4. The summed E-state index contributed by atoms with van der Waals surface area (Å²) in [5.74, 6) is -0.00137. The fourth-order valence-corrected chi connectivity index (χ4v) is 4.87. The van der Waals surface area contributed by atoms with E-state index in [4.69, 9.17) is 0 Å². The third-order valence-corrected chi connectivity index (χ3v) is 6.56. The lowest BCUT2D eigenvalue weighted by Gasteiger charge is -2.07. The van der Waals surface area contributed by atoms with Gasteiger partial charge in [0, 0.05) is 29.4 Å². The maximum absolute atomic E-state index is 12.3.